The first-order chi connectivity index (χ1) is 13.2. The first-order valence-corrected chi connectivity index (χ1v) is 8.86. The van der Waals surface area contributed by atoms with Gasteiger partial charge in [0.1, 0.15) is 5.75 Å². The smallest absolute Gasteiger partial charge is 0.188 e. The monoisotopic (exact) mass is 356 g/mol. The Labute approximate surface area is 158 Å². The van der Waals surface area contributed by atoms with Crippen LogP contribution < -0.4 is 4.74 Å². The van der Waals surface area contributed by atoms with Gasteiger partial charge in [-0.1, -0.05) is 60.7 Å². The van der Waals surface area contributed by atoms with Gasteiger partial charge in [-0.05, 0) is 45.7 Å². The normalized spacial score (nSPS) is 11.0. The van der Waals surface area contributed by atoms with Crippen molar-refractivity contribution in [3.63, 3.8) is 0 Å². The summed E-state index contributed by atoms with van der Waals surface area (Å²) in [6.07, 6.45) is 0.849. The summed E-state index contributed by atoms with van der Waals surface area (Å²) in [7, 11) is 1.57. The second kappa shape index (κ2) is 7.22. The maximum absolute atomic E-state index is 11.8. The number of rotatable bonds is 5. The molecule has 134 valence electrons. The van der Waals surface area contributed by atoms with Gasteiger partial charge in [-0.2, -0.15) is 0 Å². The van der Waals surface area contributed by atoms with Gasteiger partial charge in [-0.25, -0.2) is 0 Å². The third-order valence-electron chi connectivity index (χ3n) is 4.87. The molecule has 0 radical (unpaired) electrons. The molecule has 0 aliphatic rings. The Bertz CT molecular complexity index is 1150. The van der Waals surface area contributed by atoms with Crippen molar-refractivity contribution in [1.29, 1.82) is 0 Å². The molecule has 0 unspecified atom stereocenters. The largest absolute Gasteiger partial charge is 0.466 e. The molecule has 0 aromatic heterocycles. The number of aryl methyl sites for hydroxylation is 1. The lowest BCUT2D eigenvalue weighted by atomic mass is 9.88. The average molecular weight is 356 g/mol. The van der Waals surface area contributed by atoms with Crippen molar-refractivity contribution in [2.75, 3.05) is 13.9 Å². The summed E-state index contributed by atoms with van der Waals surface area (Å²) in [5, 5.41) is 4.34. The van der Waals surface area contributed by atoms with Gasteiger partial charge in [0.05, 0.1) is 5.56 Å². The number of carbonyl (C=O) groups excluding carboxylic acids is 1. The minimum absolute atomic E-state index is 0.0794. The summed E-state index contributed by atoms with van der Waals surface area (Å²) >= 11 is 0. The molecule has 0 spiro atoms. The molecular weight excluding hydrogens is 336 g/mol. The van der Waals surface area contributed by atoms with Crippen molar-refractivity contribution in [3.05, 3.63) is 77.9 Å². The molecule has 0 fully saturated rings. The lowest BCUT2D eigenvalue weighted by Crippen LogP contribution is -2.04. The van der Waals surface area contributed by atoms with E-state index in [0.717, 1.165) is 44.5 Å². The summed E-state index contributed by atoms with van der Waals surface area (Å²) in [5.41, 5.74) is 3.66. The molecule has 0 saturated heterocycles. The van der Waals surface area contributed by atoms with Crippen LogP contribution in [0.3, 0.4) is 0 Å². The predicted octanol–water partition coefficient (Wildman–Crippen LogP) is 5.76. The van der Waals surface area contributed by atoms with E-state index in [0.29, 0.717) is 11.3 Å². The minimum Gasteiger partial charge on any atom is -0.466 e. The van der Waals surface area contributed by atoms with Gasteiger partial charge in [-0.3, -0.25) is 4.79 Å². The average Bonchev–Trinajstić information content (AvgIpc) is 2.71. The minimum atomic E-state index is 0.0794. The molecule has 0 aliphatic carbocycles. The zero-order valence-corrected chi connectivity index (χ0v) is 15.4. The molecule has 0 amide bonds. The Morgan fingerprint density at radius 1 is 0.852 bits per heavy atom. The van der Waals surface area contributed by atoms with Crippen LogP contribution in [0, 0.1) is 6.92 Å². The van der Waals surface area contributed by atoms with Gasteiger partial charge in [0, 0.05) is 12.7 Å². The van der Waals surface area contributed by atoms with Crippen molar-refractivity contribution < 1.29 is 14.3 Å². The van der Waals surface area contributed by atoms with Crippen LogP contribution in [0.2, 0.25) is 0 Å². The maximum Gasteiger partial charge on any atom is 0.188 e. The standard InChI is InChI=1S/C24H20O3/c1-16-11-12-17-7-3-5-9-20(17)22(16)23-21-10-6-4-8-18(21)13-19(14-25)24(23)27-15-26-2/h3-14H,15H2,1-2H3. The van der Waals surface area contributed by atoms with E-state index in [1.54, 1.807) is 7.11 Å². The van der Waals surface area contributed by atoms with Crippen molar-refractivity contribution in [2.24, 2.45) is 0 Å². The first kappa shape index (κ1) is 17.3. The highest BCUT2D eigenvalue weighted by Gasteiger charge is 2.19. The molecule has 0 bridgehead atoms. The highest BCUT2D eigenvalue weighted by atomic mass is 16.7. The fourth-order valence-electron chi connectivity index (χ4n) is 3.67. The first-order valence-electron chi connectivity index (χ1n) is 8.86. The fraction of sp³-hybridized carbons (Fsp3) is 0.125. The molecule has 4 aromatic carbocycles. The highest BCUT2D eigenvalue weighted by molar-refractivity contribution is 6.11. The Balaban J connectivity index is 2.18. The molecule has 0 atom stereocenters. The summed E-state index contributed by atoms with van der Waals surface area (Å²) in [6.45, 7) is 2.17. The number of benzene rings is 4. The summed E-state index contributed by atoms with van der Waals surface area (Å²) in [6, 6.07) is 22.5. The van der Waals surface area contributed by atoms with Crippen LogP contribution in [0.1, 0.15) is 15.9 Å². The molecule has 4 rings (SSSR count). The van der Waals surface area contributed by atoms with Crippen LogP contribution in [0.4, 0.5) is 0 Å². The molecule has 0 saturated carbocycles. The van der Waals surface area contributed by atoms with Crippen molar-refractivity contribution in [3.8, 4) is 16.9 Å². The zero-order chi connectivity index (χ0) is 18.8. The predicted molar refractivity (Wildman–Crippen MR) is 110 cm³/mol. The van der Waals surface area contributed by atoms with Crippen LogP contribution >= 0.6 is 0 Å². The Morgan fingerprint density at radius 3 is 2.22 bits per heavy atom. The van der Waals surface area contributed by atoms with Gasteiger partial charge in [0.15, 0.2) is 13.1 Å². The van der Waals surface area contributed by atoms with E-state index in [2.05, 4.69) is 37.3 Å². The number of hydrogen-bond acceptors (Lipinski definition) is 3. The zero-order valence-electron chi connectivity index (χ0n) is 15.4. The third kappa shape index (κ3) is 2.96. The number of carbonyl (C=O) groups is 1. The molecule has 0 aliphatic heterocycles. The van der Waals surface area contributed by atoms with E-state index < -0.39 is 0 Å². The van der Waals surface area contributed by atoms with E-state index in [1.165, 1.54) is 0 Å². The van der Waals surface area contributed by atoms with Gasteiger partial charge >= 0.3 is 0 Å². The summed E-state index contributed by atoms with van der Waals surface area (Å²) in [4.78, 5) is 11.8. The number of methoxy groups -OCH3 is 1. The molecular formula is C24H20O3. The number of aldehydes is 1. The van der Waals surface area contributed by atoms with Crippen LogP contribution in [0.5, 0.6) is 5.75 Å². The van der Waals surface area contributed by atoms with Gasteiger partial charge in [0.2, 0.25) is 0 Å². The molecule has 27 heavy (non-hydrogen) atoms. The van der Waals surface area contributed by atoms with Crippen LogP contribution in [-0.2, 0) is 4.74 Å². The van der Waals surface area contributed by atoms with Gasteiger partial charge in [-0.15, -0.1) is 0 Å². The lowest BCUT2D eigenvalue weighted by Gasteiger charge is -2.19. The highest BCUT2D eigenvalue weighted by Crippen LogP contribution is 2.43. The second-order valence-electron chi connectivity index (χ2n) is 6.54. The van der Waals surface area contributed by atoms with E-state index in [4.69, 9.17) is 9.47 Å². The maximum atomic E-state index is 11.8. The second-order valence-corrected chi connectivity index (χ2v) is 6.54. The fourth-order valence-corrected chi connectivity index (χ4v) is 3.67. The van der Waals surface area contributed by atoms with Gasteiger partial charge in [0.25, 0.3) is 0 Å². The number of fused-ring (bicyclic) bond motifs is 2. The van der Waals surface area contributed by atoms with E-state index in [-0.39, 0.29) is 6.79 Å². The van der Waals surface area contributed by atoms with Crippen molar-refractivity contribution >= 4 is 27.8 Å². The van der Waals surface area contributed by atoms with E-state index in [1.807, 2.05) is 36.4 Å². The quantitative estimate of drug-likeness (QED) is 0.337. The molecule has 4 aromatic rings. The SMILES string of the molecule is COCOc1c(C=O)cc2ccccc2c1-c1c(C)ccc2ccccc12. The third-order valence-corrected chi connectivity index (χ3v) is 4.87. The Hall–Kier alpha value is -3.17. The van der Waals surface area contributed by atoms with E-state index >= 15 is 0 Å². The van der Waals surface area contributed by atoms with Crippen molar-refractivity contribution in [1.82, 2.24) is 0 Å². The number of ether oxygens (including phenoxy) is 2. The Kier molecular flexibility index (Phi) is 4.61. The van der Waals surface area contributed by atoms with Crippen LogP contribution in [-0.4, -0.2) is 20.2 Å². The summed E-state index contributed by atoms with van der Waals surface area (Å²) in [5.74, 6) is 0.560. The van der Waals surface area contributed by atoms with Gasteiger partial charge < -0.3 is 9.47 Å². The molecule has 3 heteroatoms. The van der Waals surface area contributed by atoms with Crippen LogP contribution in [0.15, 0.2) is 66.7 Å². The number of hydrogen-bond donors (Lipinski definition) is 0. The van der Waals surface area contributed by atoms with Crippen LogP contribution in [0.25, 0.3) is 32.7 Å². The van der Waals surface area contributed by atoms with E-state index in [9.17, 15) is 4.79 Å². The molecule has 3 nitrogen and oxygen atoms in total. The molecule has 0 N–H and O–H groups in total. The van der Waals surface area contributed by atoms with Crippen molar-refractivity contribution in [2.45, 2.75) is 6.92 Å². The topological polar surface area (TPSA) is 35.5 Å². The molecule has 0 heterocycles. The lowest BCUT2D eigenvalue weighted by molar-refractivity contribution is 0.0510. The summed E-state index contributed by atoms with van der Waals surface area (Å²) < 4.78 is 11.0. The Morgan fingerprint density at radius 2 is 1.52 bits per heavy atom.